The second kappa shape index (κ2) is 14.0. The minimum atomic E-state index is -4.13. The zero-order chi connectivity index (χ0) is 29.4. The number of carbonyl (C=O) groups excluding carboxylic acids is 2. The number of carbonyl (C=O) groups is 2. The Morgan fingerprint density at radius 2 is 1.57 bits per heavy atom. The van der Waals surface area contributed by atoms with E-state index in [0.29, 0.717) is 33.3 Å². The molecule has 0 heterocycles. The summed E-state index contributed by atoms with van der Waals surface area (Å²) >= 11 is 12.5. The van der Waals surface area contributed by atoms with Crippen LogP contribution in [-0.2, 0) is 26.2 Å². The van der Waals surface area contributed by atoms with E-state index < -0.39 is 28.5 Å². The van der Waals surface area contributed by atoms with Crippen LogP contribution in [-0.4, -0.2) is 43.8 Å². The van der Waals surface area contributed by atoms with E-state index in [1.54, 1.807) is 67.6 Å². The number of sulfonamides is 1. The molecule has 0 aliphatic heterocycles. The van der Waals surface area contributed by atoms with Crippen molar-refractivity contribution in [1.82, 2.24) is 10.2 Å². The molecule has 1 N–H and O–H groups in total. The van der Waals surface area contributed by atoms with E-state index in [9.17, 15) is 18.0 Å². The number of anilines is 1. The zero-order valence-corrected chi connectivity index (χ0v) is 25.4. The van der Waals surface area contributed by atoms with Crippen molar-refractivity contribution in [1.29, 1.82) is 0 Å². The molecule has 0 saturated carbocycles. The van der Waals surface area contributed by atoms with Crippen LogP contribution in [0.25, 0.3) is 0 Å². The first-order valence-corrected chi connectivity index (χ1v) is 15.4. The molecule has 7 nitrogen and oxygen atoms in total. The van der Waals surface area contributed by atoms with Gasteiger partial charge in [0.2, 0.25) is 11.8 Å². The minimum Gasteiger partial charge on any atom is -0.352 e. The van der Waals surface area contributed by atoms with Gasteiger partial charge in [-0.15, -0.1) is 0 Å². The quantitative estimate of drug-likeness (QED) is 0.266. The number of rotatable bonds is 12. The van der Waals surface area contributed by atoms with E-state index in [1.165, 1.54) is 17.0 Å². The molecule has 0 aromatic heterocycles. The van der Waals surface area contributed by atoms with Gasteiger partial charge in [-0.05, 0) is 68.1 Å². The Labute approximate surface area is 247 Å². The molecule has 2 amide bonds. The average molecular weight is 605 g/mol. The molecule has 0 fully saturated rings. The molecule has 0 aliphatic rings. The lowest BCUT2D eigenvalue weighted by atomic mass is 10.1. The number of nitrogens with one attached hydrogen (secondary N) is 1. The highest BCUT2D eigenvalue weighted by Gasteiger charge is 2.34. The fraction of sp³-hybridized carbons (Fsp3) is 0.333. The summed E-state index contributed by atoms with van der Waals surface area (Å²) in [4.78, 5) is 28.9. The van der Waals surface area contributed by atoms with Crippen LogP contribution < -0.4 is 9.62 Å². The Kier molecular flexibility index (Phi) is 11.0. The maximum absolute atomic E-state index is 14.1. The number of amides is 2. The van der Waals surface area contributed by atoms with Crippen molar-refractivity contribution < 1.29 is 18.0 Å². The van der Waals surface area contributed by atoms with Crippen LogP contribution in [0.1, 0.15) is 44.7 Å². The number of benzene rings is 3. The second-order valence-corrected chi connectivity index (χ2v) is 12.3. The van der Waals surface area contributed by atoms with E-state index in [1.807, 2.05) is 20.8 Å². The molecule has 40 heavy (non-hydrogen) atoms. The third kappa shape index (κ3) is 7.56. The van der Waals surface area contributed by atoms with Crippen molar-refractivity contribution in [3.05, 3.63) is 94.0 Å². The highest BCUT2D eigenvalue weighted by atomic mass is 35.5. The molecule has 214 valence electrons. The van der Waals surface area contributed by atoms with Gasteiger partial charge >= 0.3 is 0 Å². The summed E-state index contributed by atoms with van der Waals surface area (Å²) in [5.41, 5.74) is 1.65. The standard InChI is InChI=1S/C30H35Cl2N3O4S/c1-5-22(4)33-30(37)27(6-2)34(19-23-16-17-24(31)18-26(23)32)29(36)20-35(28-15-11-10-12-21(28)3)40(38,39)25-13-8-7-9-14-25/h7-18,22,27H,5-6,19-20H2,1-4H3,(H,33,37)/t22-,27+/m0/s1. The summed E-state index contributed by atoms with van der Waals surface area (Å²) in [6.07, 6.45) is 1.03. The SMILES string of the molecule is CC[C@H](C(=O)N[C@@H](C)CC)N(Cc1ccc(Cl)cc1Cl)C(=O)CN(c1ccccc1C)S(=O)(=O)c1ccccc1. The van der Waals surface area contributed by atoms with Crippen molar-refractivity contribution in [2.75, 3.05) is 10.8 Å². The first-order chi connectivity index (χ1) is 19.0. The van der Waals surface area contributed by atoms with Gasteiger partial charge in [-0.2, -0.15) is 0 Å². The minimum absolute atomic E-state index is 0.00569. The Balaban J connectivity index is 2.08. The fourth-order valence-electron chi connectivity index (χ4n) is 4.27. The van der Waals surface area contributed by atoms with Gasteiger partial charge in [-0.1, -0.05) is 79.5 Å². The molecule has 10 heteroatoms. The van der Waals surface area contributed by atoms with Crippen molar-refractivity contribution in [2.45, 2.75) is 64.1 Å². The number of hydrogen-bond acceptors (Lipinski definition) is 4. The van der Waals surface area contributed by atoms with Crippen molar-refractivity contribution >= 4 is 50.7 Å². The van der Waals surface area contributed by atoms with Crippen LogP contribution >= 0.6 is 23.2 Å². The topological polar surface area (TPSA) is 86.8 Å². The Morgan fingerprint density at radius 3 is 2.17 bits per heavy atom. The second-order valence-electron chi connectivity index (χ2n) is 9.61. The lowest BCUT2D eigenvalue weighted by Crippen LogP contribution is -2.53. The smallest absolute Gasteiger partial charge is 0.264 e. The van der Waals surface area contributed by atoms with Crippen LogP contribution in [0.5, 0.6) is 0 Å². The first kappa shape index (κ1) is 31.5. The summed E-state index contributed by atoms with van der Waals surface area (Å²) in [6, 6.07) is 18.9. The highest BCUT2D eigenvalue weighted by Crippen LogP contribution is 2.28. The van der Waals surface area contributed by atoms with Crippen LogP contribution in [0.15, 0.2) is 77.7 Å². The van der Waals surface area contributed by atoms with E-state index >= 15 is 0 Å². The molecule has 3 rings (SSSR count). The molecule has 3 aromatic rings. The Hall–Kier alpha value is -3.07. The van der Waals surface area contributed by atoms with Crippen LogP contribution in [0, 0.1) is 6.92 Å². The monoisotopic (exact) mass is 603 g/mol. The summed E-state index contributed by atoms with van der Waals surface area (Å²) in [6.45, 7) is 6.92. The molecule has 0 radical (unpaired) electrons. The van der Waals surface area contributed by atoms with Crippen LogP contribution in [0.4, 0.5) is 5.69 Å². The molecular formula is C30H35Cl2N3O4S. The molecule has 2 atom stereocenters. The van der Waals surface area contributed by atoms with Gasteiger partial charge in [-0.3, -0.25) is 13.9 Å². The maximum Gasteiger partial charge on any atom is 0.264 e. The maximum atomic E-state index is 14.1. The third-order valence-electron chi connectivity index (χ3n) is 6.74. The zero-order valence-electron chi connectivity index (χ0n) is 23.1. The van der Waals surface area contributed by atoms with E-state index in [-0.39, 0.29) is 23.4 Å². The third-order valence-corrected chi connectivity index (χ3v) is 9.10. The van der Waals surface area contributed by atoms with Crippen molar-refractivity contribution in [3.8, 4) is 0 Å². The molecule has 3 aromatic carbocycles. The van der Waals surface area contributed by atoms with Crippen molar-refractivity contribution in [2.24, 2.45) is 0 Å². The van der Waals surface area contributed by atoms with Gasteiger partial charge < -0.3 is 10.2 Å². The van der Waals surface area contributed by atoms with Crippen molar-refractivity contribution in [3.63, 3.8) is 0 Å². The summed E-state index contributed by atoms with van der Waals surface area (Å²) in [7, 11) is -4.13. The van der Waals surface area contributed by atoms with Gasteiger partial charge in [0.15, 0.2) is 0 Å². The predicted octanol–water partition coefficient (Wildman–Crippen LogP) is 6.22. The first-order valence-electron chi connectivity index (χ1n) is 13.2. The Morgan fingerprint density at radius 1 is 0.925 bits per heavy atom. The number of hydrogen-bond donors (Lipinski definition) is 1. The van der Waals surface area contributed by atoms with Crippen LogP contribution in [0.3, 0.4) is 0 Å². The van der Waals surface area contributed by atoms with E-state index in [2.05, 4.69) is 5.32 Å². The van der Waals surface area contributed by atoms with E-state index in [0.717, 1.165) is 10.7 Å². The number of aryl methyl sites for hydroxylation is 1. The van der Waals surface area contributed by atoms with Gasteiger partial charge in [-0.25, -0.2) is 8.42 Å². The number of para-hydroxylation sites is 1. The summed E-state index contributed by atoms with van der Waals surface area (Å²) in [5, 5.41) is 3.74. The summed E-state index contributed by atoms with van der Waals surface area (Å²) in [5.74, 6) is -0.858. The highest BCUT2D eigenvalue weighted by molar-refractivity contribution is 7.92. The predicted molar refractivity (Wildman–Crippen MR) is 161 cm³/mol. The molecule has 0 bridgehead atoms. The molecule has 0 unspecified atom stereocenters. The molecule has 0 spiro atoms. The molecule has 0 aliphatic carbocycles. The summed E-state index contributed by atoms with van der Waals surface area (Å²) < 4.78 is 28.9. The van der Waals surface area contributed by atoms with E-state index in [4.69, 9.17) is 23.2 Å². The largest absolute Gasteiger partial charge is 0.352 e. The molecular weight excluding hydrogens is 569 g/mol. The van der Waals surface area contributed by atoms with Crippen LogP contribution in [0.2, 0.25) is 10.0 Å². The fourth-order valence-corrected chi connectivity index (χ4v) is 6.24. The number of halogens is 2. The van der Waals surface area contributed by atoms with Gasteiger partial charge in [0, 0.05) is 22.6 Å². The number of nitrogens with zero attached hydrogens (tertiary/aromatic N) is 2. The normalized spacial score (nSPS) is 12.8. The molecule has 0 saturated heterocycles. The lowest BCUT2D eigenvalue weighted by molar-refractivity contribution is -0.140. The Bertz CT molecular complexity index is 1430. The lowest BCUT2D eigenvalue weighted by Gasteiger charge is -2.34. The van der Waals surface area contributed by atoms with Gasteiger partial charge in [0.25, 0.3) is 10.0 Å². The van der Waals surface area contributed by atoms with Gasteiger partial charge in [0.1, 0.15) is 12.6 Å². The average Bonchev–Trinajstić information content (AvgIpc) is 2.93. The van der Waals surface area contributed by atoms with Gasteiger partial charge in [0.05, 0.1) is 10.6 Å².